The molecule has 1 unspecified atom stereocenters. The smallest absolute Gasteiger partial charge is 0.421 e. The van der Waals surface area contributed by atoms with Gasteiger partial charge in [0.15, 0.2) is 0 Å². The SMILES string of the molecule is CCOC(=O)C(Cc1ccccc1)NS(=O)(=O)NC(=O)OC. The largest absolute Gasteiger partial charge is 0.465 e. The highest BCUT2D eigenvalue weighted by atomic mass is 32.2. The van der Waals surface area contributed by atoms with E-state index in [1.807, 2.05) is 0 Å². The van der Waals surface area contributed by atoms with Crippen LogP contribution in [0.1, 0.15) is 12.5 Å². The van der Waals surface area contributed by atoms with Crippen molar-refractivity contribution in [3.05, 3.63) is 35.9 Å². The highest BCUT2D eigenvalue weighted by molar-refractivity contribution is 7.88. The Morgan fingerprint density at radius 3 is 2.41 bits per heavy atom. The molecule has 0 saturated heterocycles. The predicted molar refractivity (Wildman–Crippen MR) is 78.2 cm³/mol. The Balaban J connectivity index is 2.86. The van der Waals surface area contributed by atoms with Gasteiger partial charge in [0.25, 0.3) is 0 Å². The minimum atomic E-state index is -4.25. The van der Waals surface area contributed by atoms with Crippen LogP contribution in [0.15, 0.2) is 30.3 Å². The molecule has 8 nitrogen and oxygen atoms in total. The Morgan fingerprint density at radius 2 is 1.86 bits per heavy atom. The molecule has 0 spiro atoms. The van der Waals surface area contributed by atoms with Crippen molar-refractivity contribution in [2.24, 2.45) is 0 Å². The van der Waals surface area contributed by atoms with Crippen LogP contribution in [0.2, 0.25) is 0 Å². The van der Waals surface area contributed by atoms with Gasteiger partial charge in [-0.15, -0.1) is 0 Å². The molecule has 0 heterocycles. The molecule has 0 aliphatic rings. The molecule has 1 aromatic rings. The Morgan fingerprint density at radius 1 is 1.23 bits per heavy atom. The molecule has 1 atom stereocenters. The van der Waals surface area contributed by atoms with Crippen LogP contribution < -0.4 is 9.44 Å². The zero-order valence-corrected chi connectivity index (χ0v) is 13.1. The molecule has 0 saturated carbocycles. The molecule has 0 aliphatic carbocycles. The van der Waals surface area contributed by atoms with Crippen LogP contribution in [0.4, 0.5) is 4.79 Å². The van der Waals surface area contributed by atoms with E-state index in [-0.39, 0.29) is 13.0 Å². The fourth-order valence-corrected chi connectivity index (χ4v) is 2.55. The van der Waals surface area contributed by atoms with Crippen molar-refractivity contribution in [1.82, 2.24) is 9.44 Å². The summed E-state index contributed by atoms with van der Waals surface area (Å²) in [5.74, 6) is -0.735. The summed E-state index contributed by atoms with van der Waals surface area (Å²) in [6.45, 7) is 1.72. The number of carbonyl (C=O) groups excluding carboxylic acids is 2. The molecular weight excluding hydrogens is 312 g/mol. The molecule has 122 valence electrons. The first-order valence-corrected chi connectivity index (χ1v) is 7.95. The second-order valence-corrected chi connectivity index (χ2v) is 5.66. The summed E-state index contributed by atoms with van der Waals surface area (Å²) < 4.78 is 36.3. The van der Waals surface area contributed by atoms with Gasteiger partial charge >= 0.3 is 22.3 Å². The second kappa shape index (κ2) is 8.35. The first kappa shape index (κ1) is 17.9. The van der Waals surface area contributed by atoms with Gasteiger partial charge in [-0.2, -0.15) is 13.1 Å². The molecule has 1 aromatic carbocycles. The minimum absolute atomic E-state index is 0.0851. The summed E-state index contributed by atoms with van der Waals surface area (Å²) in [6.07, 6.45) is -1.07. The van der Waals surface area contributed by atoms with E-state index in [0.29, 0.717) is 0 Å². The summed E-state index contributed by atoms with van der Waals surface area (Å²) >= 11 is 0. The lowest BCUT2D eigenvalue weighted by Gasteiger charge is -2.17. The summed E-state index contributed by atoms with van der Waals surface area (Å²) in [7, 11) is -3.23. The van der Waals surface area contributed by atoms with Gasteiger partial charge in [-0.25, -0.2) is 9.52 Å². The first-order valence-electron chi connectivity index (χ1n) is 6.46. The average molecular weight is 330 g/mol. The van der Waals surface area contributed by atoms with E-state index in [1.54, 1.807) is 42.0 Å². The molecule has 0 aliphatic heterocycles. The summed E-state index contributed by atoms with van der Waals surface area (Å²) in [6, 6.07) is 7.65. The Bertz CT molecular complexity index is 602. The van der Waals surface area contributed by atoms with Gasteiger partial charge in [0.05, 0.1) is 13.7 Å². The van der Waals surface area contributed by atoms with Crippen LogP contribution in [0.5, 0.6) is 0 Å². The maximum absolute atomic E-state index is 11.9. The van der Waals surface area contributed by atoms with E-state index in [9.17, 15) is 18.0 Å². The standard InChI is InChI=1S/C13H18N2O6S/c1-3-21-12(16)11(9-10-7-5-4-6-8-10)14-22(18,19)15-13(17)20-2/h4-8,11,14H,3,9H2,1-2H3,(H,15,17). The number of ether oxygens (including phenoxy) is 2. The number of methoxy groups -OCH3 is 1. The van der Waals surface area contributed by atoms with Crippen molar-refractivity contribution in [1.29, 1.82) is 0 Å². The highest BCUT2D eigenvalue weighted by Crippen LogP contribution is 2.05. The van der Waals surface area contributed by atoms with Crippen molar-refractivity contribution >= 4 is 22.3 Å². The normalized spacial score (nSPS) is 12.3. The number of hydrogen-bond donors (Lipinski definition) is 2. The number of benzene rings is 1. The Kier molecular flexibility index (Phi) is 6.80. The molecule has 1 rings (SSSR count). The molecule has 0 aromatic heterocycles. The molecule has 2 N–H and O–H groups in total. The number of nitrogens with one attached hydrogen (secondary N) is 2. The third kappa shape index (κ3) is 6.10. The molecule has 0 radical (unpaired) electrons. The van der Waals surface area contributed by atoms with Crippen LogP contribution in [0, 0.1) is 0 Å². The second-order valence-electron chi connectivity index (χ2n) is 4.21. The van der Waals surface area contributed by atoms with E-state index in [4.69, 9.17) is 4.74 Å². The van der Waals surface area contributed by atoms with Crippen molar-refractivity contribution in [2.45, 2.75) is 19.4 Å². The van der Waals surface area contributed by atoms with E-state index in [2.05, 4.69) is 9.46 Å². The van der Waals surface area contributed by atoms with Gasteiger partial charge in [-0.1, -0.05) is 30.3 Å². The van der Waals surface area contributed by atoms with Crippen LogP contribution in [-0.4, -0.2) is 40.2 Å². The van der Waals surface area contributed by atoms with Gasteiger partial charge in [0.1, 0.15) is 6.04 Å². The lowest BCUT2D eigenvalue weighted by atomic mass is 10.1. The van der Waals surface area contributed by atoms with E-state index in [0.717, 1.165) is 12.7 Å². The molecule has 1 amide bonds. The zero-order valence-electron chi connectivity index (χ0n) is 12.2. The van der Waals surface area contributed by atoms with Crippen molar-refractivity contribution in [3.8, 4) is 0 Å². The van der Waals surface area contributed by atoms with Crippen molar-refractivity contribution in [2.75, 3.05) is 13.7 Å². The molecule has 9 heteroatoms. The van der Waals surface area contributed by atoms with Crippen molar-refractivity contribution in [3.63, 3.8) is 0 Å². The molecular formula is C13H18N2O6S. The number of hydrogen-bond acceptors (Lipinski definition) is 6. The van der Waals surface area contributed by atoms with E-state index >= 15 is 0 Å². The summed E-state index contributed by atoms with van der Waals surface area (Å²) in [4.78, 5) is 22.9. The number of amides is 1. The van der Waals surface area contributed by atoms with Gasteiger partial charge in [-0.3, -0.25) is 4.79 Å². The Hall–Kier alpha value is -2.13. The van der Waals surface area contributed by atoms with Gasteiger partial charge in [-0.05, 0) is 18.9 Å². The summed E-state index contributed by atoms with van der Waals surface area (Å²) in [5.41, 5.74) is 0.737. The maximum Gasteiger partial charge on any atom is 0.421 e. The average Bonchev–Trinajstić information content (AvgIpc) is 2.47. The molecule has 0 fully saturated rings. The van der Waals surface area contributed by atoms with Crippen LogP contribution >= 0.6 is 0 Å². The fraction of sp³-hybridized carbons (Fsp3) is 0.385. The topological polar surface area (TPSA) is 111 Å². The van der Waals surface area contributed by atoms with Crippen LogP contribution in [0.3, 0.4) is 0 Å². The van der Waals surface area contributed by atoms with Gasteiger partial charge < -0.3 is 9.47 Å². The van der Waals surface area contributed by atoms with Crippen LogP contribution in [-0.2, 0) is 30.9 Å². The van der Waals surface area contributed by atoms with E-state index < -0.39 is 28.3 Å². The van der Waals surface area contributed by atoms with Crippen molar-refractivity contribution < 1.29 is 27.5 Å². The highest BCUT2D eigenvalue weighted by Gasteiger charge is 2.27. The molecule has 0 bridgehead atoms. The third-order valence-electron chi connectivity index (χ3n) is 2.55. The Labute approximate surface area is 129 Å². The number of rotatable bonds is 7. The minimum Gasteiger partial charge on any atom is -0.465 e. The van der Waals surface area contributed by atoms with Gasteiger partial charge in [0, 0.05) is 0 Å². The third-order valence-corrected chi connectivity index (χ3v) is 3.58. The van der Waals surface area contributed by atoms with Crippen LogP contribution in [0.25, 0.3) is 0 Å². The maximum atomic E-state index is 11.9. The lowest BCUT2D eigenvalue weighted by molar-refractivity contribution is -0.145. The first-order chi connectivity index (χ1) is 10.4. The lowest BCUT2D eigenvalue weighted by Crippen LogP contribution is -2.49. The number of esters is 1. The predicted octanol–water partition coefficient (Wildman–Crippen LogP) is 0.351. The number of carbonyl (C=O) groups is 2. The molecule has 22 heavy (non-hydrogen) atoms. The summed E-state index contributed by atoms with van der Waals surface area (Å²) in [5, 5.41) is 0. The zero-order chi connectivity index (χ0) is 16.6. The fourth-order valence-electron chi connectivity index (χ4n) is 1.63. The monoisotopic (exact) mass is 330 g/mol. The van der Waals surface area contributed by atoms with Gasteiger partial charge in [0.2, 0.25) is 0 Å². The van der Waals surface area contributed by atoms with E-state index in [1.165, 1.54) is 0 Å². The quantitative estimate of drug-likeness (QED) is 0.698.